The minimum Gasteiger partial charge on any atom is -0.494 e. The minimum atomic E-state index is -5.20. The fourth-order valence-electron chi connectivity index (χ4n) is 4.40. The molecule has 0 radical (unpaired) electrons. The number of amides is 1. The van der Waals surface area contributed by atoms with Gasteiger partial charge in [0, 0.05) is 28.7 Å². The summed E-state index contributed by atoms with van der Waals surface area (Å²) in [6, 6.07) is 7.68. The van der Waals surface area contributed by atoms with E-state index < -0.39 is 52.2 Å². The van der Waals surface area contributed by atoms with Crippen LogP contribution >= 0.6 is 11.3 Å². The van der Waals surface area contributed by atoms with E-state index in [9.17, 15) is 39.6 Å². The molecule has 1 fully saturated rings. The number of benzene rings is 1. The Bertz CT molecular complexity index is 1290. The molecular formula is C24H23F6NO4S2. The maximum atomic E-state index is 14.9. The minimum absolute atomic E-state index is 0.0133. The Morgan fingerprint density at radius 1 is 1.05 bits per heavy atom. The standard InChI is InChI=1S/C24H23F6NO4S2/c1-37(33,34)31-21(32)13-16(20-10-9-19(36-20)15-3-4-15)14-22(31,24(28,29)30)17-5-7-18(8-6-17)35-12-2-11-23(25,26)27/h5-10,13,15H,2-4,11-12,14H2,1H3. The number of carbonyl (C=O) groups is 1. The molecule has 1 unspecified atom stereocenters. The van der Waals surface area contributed by atoms with Crippen LogP contribution in [0, 0.1) is 0 Å². The van der Waals surface area contributed by atoms with Crippen molar-refractivity contribution in [3.05, 3.63) is 57.8 Å². The first-order chi connectivity index (χ1) is 17.1. The molecule has 13 heteroatoms. The number of halogens is 6. The molecule has 4 rings (SSSR count). The van der Waals surface area contributed by atoms with E-state index in [0.717, 1.165) is 48.1 Å². The van der Waals surface area contributed by atoms with E-state index in [4.69, 9.17) is 4.74 Å². The van der Waals surface area contributed by atoms with E-state index in [1.165, 1.54) is 11.3 Å². The second-order valence-corrected chi connectivity index (χ2v) is 12.1. The lowest BCUT2D eigenvalue weighted by Gasteiger charge is -2.46. The number of nitrogens with zero attached hydrogens (tertiary/aromatic N) is 1. The lowest BCUT2D eigenvalue weighted by molar-refractivity contribution is -0.221. The molecular weight excluding hydrogens is 544 g/mol. The molecule has 1 atom stereocenters. The summed E-state index contributed by atoms with van der Waals surface area (Å²) in [4.78, 5) is 14.5. The van der Waals surface area contributed by atoms with Gasteiger partial charge in [-0.3, -0.25) is 4.79 Å². The number of hydrogen-bond donors (Lipinski definition) is 0. The monoisotopic (exact) mass is 567 g/mol. The van der Waals surface area contributed by atoms with Gasteiger partial charge in [0.1, 0.15) is 5.75 Å². The zero-order chi connectivity index (χ0) is 27.2. The number of rotatable bonds is 8. The van der Waals surface area contributed by atoms with Crippen LogP contribution in [0.15, 0.2) is 42.5 Å². The average molecular weight is 568 g/mol. The molecule has 2 heterocycles. The van der Waals surface area contributed by atoms with Gasteiger partial charge in [0.05, 0.1) is 12.9 Å². The van der Waals surface area contributed by atoms with Crippen LogP contribution in [0.2, 0.25) is 0 Å². The van der Waals surface area contributed by atoms with Gasteiger partial charge in [-0.05, 0) is 60.6 Å². The zero-order valence-corrected chi connectivity index (χ0v) is 21.2. The highest BCUT2D eigenvalue weighted by Gasteiger charge is 2.65. The largest absolute Gasteiger partial charge is 0.494 e. The van der Waals surface area contributed by atoms with Gasteiger partial charge in [-0.2, -0.15) is 26.3 Å². The van der Waals surface area contributed by atoms with Crippen molar-refractivity contribution < 1.29 is 44.3 Å². The first-order valence-electron chi connectivity index (χ1n) is 11.3. The smallest absolute Gasteiger partial charge is 0.417 e. The number of hydrogen-bond acceptors (Lipinski definition) is 5. The van der Waals surface area contributed by atoms with E-state index in [0.29, 0.717) is 17.1 Å². The number of thiophene rings is 1. The molecule has 5 nitrogen and oxygen atoms in total. The number of carbonyl (C=O) groups excluding carboxylic acids is 1. The second kappa shape index (κ2) is 9.64. The molecule has 1 saturated carbocycles. The fraction of sp³-hybridized carbons (Fsp3) is 0.458. The predicted molar refractivity (Wildman–Crippen MR) is 126 cm³/mol. The summed E-state index contributed by atoms with van der Waals surface area (Å²) >= 11 is 1.29. The van der Waals surface area contributed by atoms with Gasteiger partial charge in [-0.15, -0.1) is 11.3 Å². The van der Waals surface area contributed by atoms with Gasteiger partial charge in [-0.25, -0.2) is 12.7 Å². The second-order valence-electron chi connectivity index (χ2n) is 9.14. The Morgan fingerprint density at radius 2 is 1.70 bits per heavy atom. The van der Waals surface area contributed by atoms with Gasteiger partial charge in [0.2, 0.25) is 10.0 Å². The van der Waals surface area contributed by atoms with E-state index in [1.807, 2.05) is 6.07 Å². The summed E-state index contributed by atoms with van der Waals surface area (Å²) in [6.45, 7) is -0.314. The summed E-state index contributed by atoms with van der Waals surface area (Å²) in [6.07, 6.45) is -8.36. The maximum Gasteiger partial charge on any atom is 0.417 e. The van der Waals surface area contributed by atoms with E-state index in [-0.39, 0.29) is 28.7 Å². The summed E-state index contributed by atoms with van der Waals surface area (Å²) in [5, 5.41) is 0. The van der Waals surface area contributed by atoms with Crippen molar-refractivity contribution >= 4 is 32.8 Å². The van der Waals surface area contributed by atoms with Gasteiger partial charge in [-0.1, -0.05) is 12.1 Å². The first kappa shape index (κ1) is 27.5. The molecule has 202 valence electrons. The summed E-state index contributed by atoms with van der Waals surface area (Å²) in [5.41, 5.74) is -3.65. The molecule has 37 heavy (non-hydrogen) atoms. The number of sulfonamides is 1. The molecule has 1 amide bonds. The highest BCUT2D eigenvalue weighted by Crippen LogP contribution is 2.54. The lowest BCUT2D eigenvalue weighted by atomic mass is 9.80. The SMILES string of the molecule is CS(=O)(=O)N1C(=O)C=C(c2ccc(C3CC3)s2)CC1(c1ccc(OCCCC(F)(F)F)cc1)C(F)(F)F. The summed E-state index contributed by atoms with van der Waals surface area (Å²) < 4.78 is 112. The van der Waals surface area contributed by atoms with Crippen LogP contribution in [0.25, 0.3) is 5.57 Å². The number of alkyl halides is 6. The Balaban J connectivity index is 1.71. The lowest BCUT2D eigenvalue weighted by Crippen LogP contribution is -2.61. The van der Waals surface area contributed by atoms with Crippen molar-refractivity contribution in [1.29, 1.82) is 0 Å². The van der Waals surface area contributed by atoms with Crippen molar-refractivity contribution in [3.8, 4) is 5.75 Å². The molecule has 0 bridgehead atoms. The molecule has 1 aliphatic heterocycles. The first-order valence-corrected chi connectivity index (χ1v) is 14.0. The van der Waals surface area contributed by atoms with Crippen molar-refractivity contribution in [1.82, 2.24) is 4.31 Å². The molecule has 1 aliphatic carbocycles. The molecule has 1 aromatic carbocycles. The normalized spacial score (nSPS) is 21.2. The van der Waals surface area contributed by atoms with Crippen LogP contribution < -0.4 is 4.74 Å². The molecule has 2 aliphatic rings. The molecule has 0 N–H and O–H groups in total. The van der Waals surface area contributed by atoms with E-state index in [2.05, 4.69) is 0 Å². The van der Waals surface area contributed by atoms with Crippen molar-refractivity contribution in [2.24, 2.45) is 0 Å². The number of ether oxygens (including phenoxy) is 1. The van der Waals surface area contributed by atoms with E-state index >= 15 is 0 Å². The third-order valence-corrected chi connectivity index (χ3v) is 8.70. The third-order valence-electron chi connectivity index (χ3n) is 6.22. The highest BCUT2D eigenvalue weighted by molar-refractivity contribution is 7.89. The molecule has 1 aromatic heterocycles. The fourth-order valence-corrected chi connectivity index (χ4v) is 6.81. The van der Waals surface area contributed by atoms with Crippen LogP contribution in [-0.2, 0) is 20.4 Å². The average Bonchev–Trinajstić information content (AvgIpc) is 3.50. The van der Waals surface area contributed by atoms with Gasteiger partial charge >= 0.3 is 12.4 Å². The third kappa shape index (κ3) is 5.82. The Hall–Kier alpha value is -2.54. The Morgan fingerprint density at radius 3 is 2.24 bits per heavy atom. The van der Waals surface area contributed by atoms with Crippen LogP contribution in [0.3, 0.4) is 0 Å². The van der Waals surface area contributed by atoms with Crippen molar-refractivity contribution in [2.45, 2.75) is 55.9 Å². The highest BCUT2D eigenvalue weighted by atomic mass is 32.2. The summed E-state index contributed by atoms with van der Waals surface area (Å²) in [7, 11) is -4.67. The zero-order valence-electron chi connectivity index (χ0n) is 19.5. The van der Waals surface area contributed by atoms with Gasteiger partial charge < -0.3 is 4.74 Å². The molecule has 0 saturated heterocycles. The summed E-state index contributed by atoms with van der Waals surface area (Å²) in [5.74, 6) is -0.948. The topological polar surface area (TPSA) is 63.7 Å². The predicted octanol–water partition coefficient (Wildman–Crippen LogP) is 6.38. The van der Waals surface area contributed by atoms with Crippen LogP contribution in [0.4, 0.5) is 26.3 Å². The van der Waals surface area contributed by atoms with Crippen molar-refractivity contribution in [2.75, 3.05) is 12.9 Å². The van der Waals surface area contributed by atoms with Crippen LogP contribution in [0.1, 0.15) is 53.3 Å². The maximum absolute atomic E-state index is 14.9. The Kier molecular flexibility index (Phi) is 7.17. The van der Waals surface area contributed by atoms with Gasteiger partial charge in [0.15, 0.2) is 5.54 Å². The van der Waals surface area contributed by atoms with Crippen molar-refractivity contribution in [3.63, 3.8) is 0 Å². The van der Waals surface area contributed by atoms with Crippen LogP contribution in [0.5, 0.6) is 5.75 Å². The van der Waals surface area contributed by atoms with Gasteiger partial charge in [0.25, 0.3) is 5.91 Å². The Labute approximate surface area is 213 Å². The molecule has 0 spiro atoms. The quantitative estimate of drug-likeness (QED) is 0.274. The van der Waals surface area contributed by atoms with E-state index in [1.54, 1.807) is 6.07 Å². The molecule has 2 aromatic rings. The van der Waals surface area contributed by atoms with Crippen LogP contribution in [-0.4, -0.2) is 43.8 Å².